The number of hydrogen-bond acceptors (Lipinski definition) is 2. The second-order valence-electron chi connectivity index (χ2n) is 3.09. The summed E-state index contributed by atoms with van der Waals surface area (Å²) in [5, 5.41) is 3.36. The van der Waals surface area contributed by atoms with E-state index in [1.54, 1.807) is 6.08 Å². The van der Waals surface area contributed by atoms with Gasteiger partial charge in [-0.15, -0.1) is 6.58 Å². The number of allylic oxidation sites excluding steroid dienone is 1. The summed E-state index contributed by atoms with van der Waals surface area (Å²) in [5.41, 5.74) is 0. The van der Waals surface area contributed by atoms with Crippen molar-refractivity contribution in [2.45, 2.75) is 26.8 Å². The largest absolute Gasteiger partial charge is 0.314 e. The van der Waals surface area contributed by atoms with Crippen LogP contribution in [0.5, 0.6) is 0 Å². The highest BCUT2D eigenvalue weighted by atomic mass is 15.2. The van der Waals surface area contributed by atoms with Crippen molar-refractivity contribution in [1.29, 1.82) is 0 Å². The van der Waals surface area contributed by atoms with Gasteiger partial charge in [-0.1, -0.05) is 13.0 Å². The topological polar surface area (TPSA) is 15.3 Å². The van der Waals surface area contributed by atoms with Crippen LogP contribution in [0.1, 0.15) is 20.8 Å². The summed E-state index contributed by atoms with van der Waals surface area (Å²) in [6, 6.07) is 0.740. The normalized spacial score (nSPS) is 24.1. The molecule has 1 unspecified atom stereocenters. The molecule has 0 aliphatic carbocycles. The fraction of sp³-hybridized carbons (Fsp3) is 0.800. The molecule has 1 atom stereocenters. The summed E-state index contributed by atoms with van der Waals surface area (Å²) in [4.78, 5) is 2.50. The summed E-state index contributed by atoms with van der Waals surface area (Å²) in [7, 11) is 0. The molecule has 1 fully saturated rings. The van der Waals surface area contributed by atoms with E-state index in [0.717, 1.165) is 19.1 Å². The first-order valence-electron chi connectivity index (χ1n) is 4.78. The molecule has 0 aromatic carbocycles. The van der Waals surface area contributed by atoms with Crippen LogP contribution in [0.2, 0.25) is 0 Å². The summed E-state index contributed by atoms with van der Waals surface area (Å²) in [6.07, 6.45) is 1.75. The van der Waals surface area contributed by atoms with Gasteiger partial charge in [-0.3, -0.25) is 4.90 Å². The predicted octanol–water partition coefficient (Wildman–Crippen LogP) is 1.49. The van der Waals surface area contributed by atoms with Crippen molar-refractivity contribution in [3.63, 3.8) is 0 Å². The van der Waals surface area contributed by atoms with Crippen LogP contribution in [-0.2, 0) is 0 Å². The third-order valence-corrected chi connectivity index (χ3v) is 2.05. The molecule has 1 rings (SSSR count). The number of rotatable bonds is 1. The quantitative estimate of drug-likeness (QED) is 0.600. The first kappa shape index (κ1) is 11.7. The number of piperazine rings is 1. The molecule has 0 saturated carbocycles. The third kappa shape index (κ3) is 4.52. The van der Waals surface area contributed by atoms with Crippen LogP contribution in [0.4, 0.5) is 0 Å². The maximum absolute atomic E-state index is 3.36. The number of nitrogens with zero attached hydrogens (tertiary/aromatic N) is 1. The van der Waals surface area contributed by atoms with Crippen LogP contribution >= 0.6 is 0 Å². The summed E-state index contributed by atoms with van der Waals surface area (Å²) < 4.78 is 0. The molecule has 0 bridgehead atoms. The molecule has 72 valence electrons. The molecule has 0 amide bonds. The lowest BCUT2D eigenvalue weighted by Gasteiger charge is -2.32. The molecule has 2 heteroatoms. The van der Waals surface area contributed by atoms with Crippen molar-refractivity contribution in [2.24, 2.45) is 0 Å². The lowest BCUT2D eigenvalue weighted by atomic mass is 10.2. The summed E-state index contributed by atoms with van der Waals surface area (Å²) in [5.74, 6) is 0. The summed E-state index contributed by atoms with van der Waals surface area (Å²) in [6.45, 7) is 14.5. The zero-order chi connectivity index (χ0) is 9.40. The van der Waals surface area contributed by atoms with E-state index >= 15 is 0 Å². The van der Waals surface area contributed by atoms with E-state index in [4.69, 9.17) is 0 Å². The van der Waals surface area contributed by atoms with Crippen molar-refractivity contribution in [3.05, 3.63) is 12.7 Å². The fourth-order valence-electron chi connectivity index (χ4n) is 1.35. The van der Waals surface area contributed by atoms with Gasteiger partial charge in [0.2, 0.25) is 0 Å². The van der Waals surface area contributed by atoms with Gasteiger partial charge < -0.3 is 5.32 Å². The molecule has 2 nitrogen and oxygen atoms in total. The molecule has 1 N–H and O–H groups in total. The van der Waals surface area contributed by atoms with Gasteiger partial charge in [0.15, 0.2) is 0 Å². The van der Waals surface area contributed by atoms with E-state index in [0.29, 0.717) is 0 Å². The van der Waals surface area contributed by atoms with E-state index in [9.17, 15) is 0 Å². The Morgan fingerprint density at radius 2 is 2.25 bits per heavy atom. The van der Waals surface area contributed by atoms with Gasteiger partial charge in [0.05, 0.1) is 0 Å². The third-order valence-electron chi connectivity index (χ3n) is 2.05. The SMILES string of the molecule is C=CC.CCN1CCNCC1C. The molecule has 12 heavy (non-hydrogen) atoms. The molecule has 0 radical (unpaired) electrons. The molecule has 1 aliphatic heterocycles. The van der Waals surface area contributed by atoms with Gasteiger partial charge in [-0.05, 0) is 20.4 Å². The first-order chi connectivity index (χ1) is 5.76. The zero-order valence-electron chi connectivity index (χ0n) is 8.64. The van der Waals surface area contributed by atoms with Gasteiger partial charge in [0.1, 0.15) is 0 Å². The maximum atomic E-state index is 3.36. The monoisotopic (exact) mass is 170 g/mol. The van der Waals surface area contributed by atoms with Crippen LogP contribution in [-0.4, -0.2) is 37.1 Å². The van der Waals surface area contributed by atoms with Gasteiger partial charge in [-0.2, -0.15) is 0 Å². The standard InChI is InChI=1S/C7H16N2.C3H6/c1-3-9-5-4-8-6-7(9)2;1-3-2/h7-8H,3-6H2,1-2H3;3H,1H2,2H3. The smallest absolute Gasteiger partial charge is 0.0192 e. The van der Waals surface area contributed by atoms with Crippen LogP contribution in [0, 0.1) is 0 Å². The fourth-order valence-corrected chi connectivity index (χ4v) is 1.35. The molecule has 0 spiro atoms. The highest BCUT2D eigenvalue weighted by Gasteiger charge is 2.14. The number of likely N-dealkylation sites (N-methyl/N-ethyl adjacent to an activating group) is 1. The molecular weight excluding hydrogens is 148 g/mol. The van der Waals surface area contributed by atoms with Gasteiger partial charge in [-0.25, -0.2) is 0 Å². The molecule has 0 aromatic heterocycles. The Kier molecular flexibility index (Phi) is 7.11. The van der Waals surface area contributed by atoms with Gasteiger partial charge >= 0.3 is 0 Å². The van der Waals surface area contributed by atoms with E-state index in [-0.39, 0.29) is 0 Å². The summed E-state index contributed by atoms with van der Waals surface area (Å²) >= 11 is 0. The lowest BCUT2D eigenvalue weighted by Crippen LogP contribution is -2.49. The van der Waals surface area contributed by atoms with Crippen molar-refractivity contribution < 1.29 is 0 Å². The number of nitrogens with one attached hydrogen (secondary N) is 1. The predicted molar refractivity (Wildman–Crippen MR) is 55.4 cm³/mol. The van der Waals surface area contributed by atoms with Crippen LogP contribution < -0.4 is 5.32 Å². The van der Waals surface area contributed by atoms with E-state index < -0.39 is 0 Å². The van der Waals surface area contributed by atoms with Gasteiger partial charge in [0.25, 0.3) is 0 Å². The van der Waals surface area contributed by atoms with E-state index in [1.165, 1.54) is 13.1 Å². The molecule has 1 saturated heterocycles. The Balaban J connectivity index is 0.000000354. The highest BCUT2D eigenvalue weighted by Crippen LogP contribution is 1.99. The minimum atomic E-state index is 0.740. The minimum absolute atomic E-state index is 0.740. The second-order valence-corrected chi connectivity index (χ2v) is 3.09. The van der Waals surface area contributed by atoms with E-state index in [2.05, 4.69) is 30.6 Å². The van der Waals surface area contributed by atoms with Crippen molar-refractivity contribution >= 4 is 0 Å². The molecule has 0 aromatic rings. The van der Waals surface area contributed by atoms with Crippen molar-refractivity contribution in [3.8, 4) is 0 Å². The average Bonchev–Trinajstić information content (AvgIpc) is 2.07. The van der Waals surface area contributed by atoms with Gasteiger partial charge in [0, 0.05) is 25.7 Å². The van der Waals surface area contributed by atoms with Crippen molar-refractivity contribution in [1.82, 2.24) is 10.2 Å². The lowest BCUT2D eigenvalue weighted by molar-refractivity contribution is 0.183. The number of hydrogen-bond donors (Lipinski definition) is 1. The Bertz CT molecular complexity index is 112. The van der Waals surface area contributed by atoms with Crippen LogP contribution in [0.25, 0.3) is 0 Å². The highest BCUT2D eigenvalue weighted by molar-refractivity contribution is 4.74. The molecule has 1 aliphatic rings. The Morgan fingerprint density at radius 1 is 1.67 bits per heavy atom. The minimum Gasteiger partial charge on any atom is -0.314 e. The van der Waals surface area contributed by atoms with Crippen LogP contribution in [0.15, 0.2) is 12.7 Å². The Morgan fingerprint density at radius 3 is 2.58 bits per heavy atom. The molecular formula is C10H22N2. The zero-order valence-corrected chi connectivity index (χ0v) is 8.64. The Labute approximate surface area is 76.6 Å². The maximum Gasteiger partial charge on any atom is 0.0192 e. The van der Waals surface area contributed by atoms with Crippen molar-refractivity contribution in [2.75, 3.05) is 26.2 Å². The van der Waals surface area contributed by atoms with Crippen LogP contribution in [0.3, 0.4) is 0 Å². The van der Waals surface area contributed by atoms with E-state index in [1.807, 2.05) is 6.92 Å². The molecule has 1 heterocycles. The Hall–Kier alpha value is -0.340. The second kappa shape index (κ2) is 7.32. The first-order valence-corrected chi connectivity index (χ1v) is 4.78. The average molecular weight is 170 g/mol.